The maximum absolute atomic E-state index is 5.33. The van der Waals surface area contributed by atoms with Crippen LogP contribution in [0.25, 0.3) is 0 Å². The first kappa shape index (κ1) is 6.40. The number of hydrogen-bond acceptors (Lipinski definition) is 2. The highest BCUT2D eigenvalue weighted by Gasteiger charge is 2.04. The van der Waals surface area contributed by atoms with Gasteiger partial charge in [0.1, 0.15) is 18.0 Å². The number of fused-ring (bicyclic) bond motifs is 1. The Kier molecular flexibility index (Phi) is 1.39. The third-order valence-electron chi connectivity index (χ3n) is 1.66. The first-order valence-corrected chi connectivity index (χ1v) is 3.62. The van der Waals surface area contributed by atoms with E-state index in [0.717, 1.165) is 11.4 Å². The zero-order chi connectivity index (χ0) is 7.68. The zero-order valence-corrected chi connectivity index (χ0v) is 6.37. The molecule has 2 nitrogen and oxygen atoms in total. The third-order valence-corrected chi connectivity index (χ3v) is 1.66. The quantitative estimate of drug-likeness (QED) is 0.550. The van der Waals surface area contributed by atoms with Crippen molar-refractivity contribution in [1.82, 2.24) is 0 Å². The summed E-state index contributed by atoms with van der Waals surface area (Å²) < 4.78 is 5.33. The molecular weight excluding hydrogens is 138 g/mol. The minimum atomic E-state index is 0.593. The summed E-state index contributed by atoms with van der Waals surface area (Å²) in [4.78, 5) is 4.20. The average molecular weight is 147 g/mol. The van der Waals surface area contributed by atoms with Gasteiger partial charge in [0, 0.05) is 6.21 Å². The van der Waals surface area contributed by atoms with Crippen LogP contribution in [0.3, 0.4) is 0 Å². The first-order chi connectivity index (χ1) is 5.36. The Morgan fingerprint density at radius 2 is 2.36 bits per heavy atom. The van der Waals surface area contributed by atoms with Crippen LogP contribution >= 0.6 is 0 Å². The second kappa shape index (κ2) is 2.38. The van der Waals surface area contributed by atoms with Crippen LogP contribution in [0.4, 0.5) is 5.69 Å². The van der Waals surface area contributed by atoms with Crippen LogP contribution in [0.5, 0.6) is 5.75 Å². The smallest absolute Gasteiger partial charge is 0.145 e. The summed E-state index contributed by atoms with van der Waals surface area (Å²) in [7, 11) is 0. The number of benzene rings is 1. The summed E-state index contributed by atoms with van der Waals surface area (Å²) in [6, 6.07) is 6.01. The molecule has 0 fully saturated rings. The van der Waals surface area contributed by atoms with E-state index < -0.39 is 0 Å². The van der Waals surface area contributed by atoms with Gasteiger partial charge in [0.05, 0.1) is 0 Å². The van der Waals surface area contributed by atoms with Crippen LogP contribution in [0, 0.1) is 6.92 Å². The van der Waals surface area contributed by atoms with Gasteiger partial charge < -0.3 is 4.74 Å². The third kappa shape index (κ3) is 1.11. The maximum Gasteiger partial charge on any atom is 0.145 e. The van der Waals surface area contributed by atoms with E-state index in [1.165, 1.54) is 5.56 Å². The summed E-state index contributed by atoms with van der Waals surface area (Å²) in [6.45, 7) is 2.64. The largest absolute Gasteiger partial charge is 0.486 e. The van der Waals surface area contributed by atoms with Crippen molar-refractivity contribution < 1.29 is 4.74 Å². The Bertz CT molecular complexity index is 304. The monoisotopic (exact) mass is 147 g/mol. The van der Waals surface area contributed by atoms with Gasteiger partial charge in [-0.2, -0.15) is 0 Å². The molecule has 2 heteroatoms. The molecule has 1 aromatic carbocycles. The van der Waals surface area contributed by atoms with E-state index in [-0.39, 0.29) is 0 Å². The number of hydrogen-bond donors (Lipinski definition) is 0. The molecule has 56 valence electrons. The lowest BCUT2D eigenvalue weighted by atomic mass is 10.2. The fraction of sp³-hybridized carbons (Fsp3) is 0.222. The lowest BCUT2D eigenvalue weighted by Gasteiger charge is -2.10. The minimum absolute atomic E-state index is 0.593. The van der Waals surface area contributed by atoms with E-state index in [4.69, 9.17) is 4.74 Å². The molecule has 1 heterocycles. The van der Waals surface area contributed by atoms with Gasteiger partial charge >= 0.3 is 0 Å². The number of nitrogens with zero attached hydrogens (tertiary/aromatic N) is 1. The van der Waals surface area contributed by atoms with Crippen molar-refractivity contribution in [1.29, 1.82) is 0 Å². The van der Waals surface area contributed by atoms with Gasteiger partial charge in [-0.3, -0.25) is 4.99 Å². The normalized spacial score (nSPS) is 13.9. The van der Waals surface area contributed by atoms with Crippen LogP contribution in [0.1, 0.15) is 5.56 Å². The van der Waals surface area contributed by atoms with Crippen molar-refractivity contribution in [3.8, 4) is 5.75 Å². The molecule has 0 aliphatic carbocycles. The number of ether oxygens (including phenoxy) is 1. The number of aliphatic imine (C=N–C) groups is 1. The van der Waals surface area contributed by atoms with E-state index in [1.807, 2.05) is 25.1 Å². The van der Waals surface area contributed by atoms with Crippen molar-refractivity contribution in [3.05, 3.63) is 23.8 Å². The second-order valence-electron chi connectivity index (χ2n) is 2.59. The number of rotatable bonds is 0. The Morgan fingerprint density at radius 3 is 3.27 bits per heavy atom. The molecule has 0 atom stereocenters. The van der Waals surface area contributed by atoms with Crippen molar-refractivity contribution in [2.75, 3.05) is 6.61 Å². The summed E-state index contributed by atoms with van der Waals surface area (Å²) in [6.07, 6.45) is 1.78. The molecule has 0 radical (unpaired) electrons. The molecule has 0 bridgehead atoms. The molecule has 1 aliphatic rings. The highest BCUT2D eigenvalue weighted by molar-refractivity contribution is 5.71. The molecule has 0 aromatic heterocycles. The molecule has 11 heavy (non-hydrogen) atoms. The molecule has 1 aliphatic heterocycles. The second-order valence-corrected chi connectivity index (χ2v) is 2.59. The van der Waals surface area contributed by atoms with Gasteiger partial charge in [-0.05, 0) is 24.6 Å². The highest BCUT2D eigenvalue weighted by Crippen LogP contribution is 2.29. The van der Waals surface area contributed by atoms with Crippen LogP contribution in [-0.4, -0.2) is 12.8 Å². The SMILES string of the molecule is Cc1ccc2c(c1)N=CCO2. The van der Waals surface area contributed by atoms with Gasteiger partial charge in [0.15, 0.2) is 0 Å². The standard InChI is InChI=1S/C9H9NO/c1-7-2-3-9-8(6-7)10-4-5-11-9/h2-4,6H,5H2,1H3. The van der Waals surface area contributed by atoms with Crippen LogP contribution < -0.4 is 4.74 Å². The van der Waals surface area contributed by atoms with Crippen LogP contribution in [0.2, 0.25) is 0 Å². The molecule has 0 spiro atoms. The molecule has 0 saturated carbocycles. The first-order valence-electron chi connectivity index (χ1n) is 3.62. The van der Waals surface area contributed by atoms with Gasteiger partial charge in [0.25, 0.3) is 0 Å². The molecule has 0 N–H and O–H groups in total. The van der Waals surface area contributed by atoms with E-state index in [9.17, 15) is 0 Å². The van der Waals surface area contributed by atoms with Crippen molar-refractivity contribution >= 4 is 11.9 Å². The Balaban J connectivity index is 2.54. The molecule has 0 saturated heterocycles. The van der Waals surface area contributed by atoms with Crippen LogP contribution in [-0.2, 0) is 0 Å². The van der Waals surface area contributed by atoms with Gasteiger partial charge in [-0.25, -0.2) is 0 Å². The molecule has 0 unspecified atom stereocenters. The van der Waals surface area contributed by atoms with E-state index in [2.05, 4.69) is 4.99 Å². The maximum atomic E-state index is 5.33. The lowest BCUT2D eigenvalue weighted by molar-refractivity contribution is 0.377. The number of aryl methyl sites for hydroxylation is 1. The van der Waals surface area contributed by atoms with Crippen LogP contribution in [0.15, 0.2) is 23.2 Å². The fourth-order valence-corrected chi connectivity index (χ4v) is 1.11. The summed E-state index contributed by atoms with van der Waals surface area (Å²) in [5, 5.41) is 0. The molecule has 2 rings (SSSR count). The molecular formula is C9H9NO. The predicted octanol–water partition coefficient (Wildman–Crippen LogP) is 2.09. The Hall–Kier alpha value is -1.31. The molecule has 1 aromatic rings. The topological polar surface area (TPSA) is 21.6 Å². The summed E-state index contributed by atoms with van der Waals surface area (Å²) >= 11 is 0. The van der Waals surface area contributed by atoms with Gasteiger partial charge in [-0.15, -0.1) is 0 Å². The Morgan fingerprint density at radius 1 is 1.45 bits per heavy atom. The van der Waals surface area contributed by atoms with E-state index in [1.54, 1.807) is 6.21 Å². The summed E-state index contributed by atoms with van der Waals surface area (Å²) in [5.74, 6) is 0.887. The van der Waals surface area contributed by atoms with Crippen molar-refractivity contribution in [3.63, 3.8) is 0 Å². The zero-order valence-electron chi connectivity index (χ0n) is 6.37. The van der Waals surface area contributed by atoms with Gasteiger partial charge in [-0.1, -0.05) is 6.07 Å². The van der Waals surface area contributed by atoms with Crippen molar-refractivity contribution in [2.24, 2.45) is 4.99 Å². The van der Waals surface area contributed by atoms with E-state index in [0.29, 0.717) is 6.61 Å². The predicted molar refractivity (Wildman–Crippen MR) is 44.8 cm³/mol. The summed E-state index contributed by atoms with van der Waals surface area (Å²) in [5.41, 5.74) is 2.16. The molecule has 0 amide bonds. The average Bonchev–Trinajstić information content (AvgIpc) is 2.04. The highest BCUT2D eigenvalue weighted by atomic mass is 16.5. The lowest BCUT2D eigenvalue weighted by Crippen LogP contribution is -2.02. The minimum Gasteiger partial charge on any atom is -0.486 e. The van der Waals surface area contributed by atoms with Gasteiger partial charge in [0.2, 0.25) is 0 Å². The van der Waals surface area contributed by atoms with Crippen molar-refractivity contribution in [2.45, 2.75) is 6.92 Å². The Labute approximate surface area is 65.5 Å². The van der Waals surface area contributed by atoms with E-state index >= 15 is 0 Å². The fourth-order valence-electron chi connectivity index (χ4n) is 1.11.